The van der Waals surface area contributed by atoms with Crippen LogP contribution in [0.1, 0.15) is 17.8 Å². The van der Waals surface area contributed by atoms with Gasteiger partial charge in [0.2, 0.25) is 5.91 Å². The zero-order chi connectivity index (χ0) is 10.8. The number of thiazole rings is 1. The third kappa shape index (κ3) is 1.99. The van der Waals surface area contributed by atoms with Crippen LogP contribution in [-0.4, -0.2) is 34.9 Å². The molecule has 0 saturated carbocycles. The van der Waals surface area contributed by atoms with Gasteiger partial charge in [-0.1, -0.05) is 6.92 Å². The van der Waals surface area contributed by atoms with Crippen molar-refractivity contribution >= 4 is 23.3 Å². The summed E-state index contributed by atoms with van der Waals surface area (Å²) in [4.78, 5) is 28.0. The summed E-state index contributed by atoms with van der Waals surface area (Å²) in [5.74, 6) is -0.0683. The van der Waals surface area contributed by atoms with Crippen LogP contribution in [0.5, 0.6) is 0 Å². The molecule has 1 aromatic rings. The van der Waals surface area contributed by atoms with E-state index in [0.29, 0.717) is 6.54 Å². The fourth-order valence-corrected chi connectivity index (χ4v) is 2.16. The molecule has 0 radical (unpaired) electrons. The molecule has 1 unspecified atom stereocenters. The monoisotopic (exact) mass is 225 g/mol. The van der Waals surface area contributed by atoms with Crippen molar-refractivity contribution < 1.29 is 9.59 Å². The summed E-state index contributed by atoms with van der Waals surface area (Å²) >= 11 is 1.54. The summed E-state index contributed by atoms with van der Waals surface area (Å²) in [6.07, 6.45) is 1.72. The Balaban J connectivity index is 2.02. The number of carbonyl (C=O) groups excluding carboxylic acids is 2. The van der Waals surface area contributed by atoms with Crippen LogP contribution in [0, 0.1) is 0 Å². The number of urea groups is 1. The highest BCUT2D eigenvalue weighted by atomic mass is 32.1. The van der Waals surface area contributed by atoms with Crippen molar-refractivity contribution in [3.05, 3.63) is 16.6 Å². The summed E-state index contributed by atoms with van der Waals surface area (Å²) < 4.78 is 0. The van der Waals surface area contributed by atoms with E-state index in [9.17, 15) is 9.59 Å². The number of imide groups is 1. The number of nitrogens with zero attached hydrogens (tertiary/aromatic N) is 2. The van der Waals surface area contributed by atoms with Gasteiger partial charge in [0, 0.05) is 24.0 Å². The molecule has 1 aliphatic heterocycles. The average Bonchev–Trinajstić information content (AvgIpc) is 2.82. The molecular weight excluding hydrogens is 214 g/mol. The normalized spacial score (nSPS) is 18.1. The lowest BCUT2D eigenvalue weighted by atomic mass is 10.2. The Bertz CT molecular complexity index is 361. The van der Waals surface area contributed by atoms with Gasteiger partial charge in [0.05, 0.1) is 11.6 Å². The van der Waals surface area contributed by atoms with Gasteiger partial charge in [0.15, 0.2) is 0 Å². The number of aromatic nitrogens is 1. The van der Waals surface area contributed by atoms with Gasteiger partial charge < -0.3 is 5.32 Å². The van der Waals surface area contributed by atoms with Crippen molar-refractivity contribution in [1.29, 1.82) is 0 Å². The molecule has 15 heavy (non-hydrogen) atoms. The Morgan fingerprint density at radius 2 is 2.47 bits per heavy atom. The zero-order valence-corrected chi connectivity index (χ0v) is 9.08. The number of carbonyl (C=O) groups is 2. The Hall–Kier alpha value is -1.43. The molecule has 2 rings (SSSR count). The van der Waals surface area contributed by atoms with E-state index in [-0.39, 0.29) is 24.4 Å². The largest absolute Gasteiger partial charge is 0.329 e. The summed E-state index contributed by atoms with van der Waals surface area (Å²) in [5, 5.41) is 5.32. The molecular formula is C9H11N3O2S. The molecule has 80 valence electrons. The Morgan fingerprint density at radius 1 is 1.67 bits per heavy atom. The Labute approximate surface area is 91.1 Å². The van der Waals surface area contributed by atoms with Gasteiger partial charge >= 0.3 is 6.03 Å². The predicted molar refractivity (Wildman–Crippen MR) is 55.6 cm³/mol. The van der Waals surface area contributed by atoms with Crippen molar-refractivity contribution in [3.63, 3.8) is 0 Å². The SMILES string of the molecule is CC(CN1C(=O)CNC1=O)c1nccs1. The molecule has 0 bridgehead atoms. The number of hydrogen-bond donors (Lipinski definition) is 1. The maximum absolute atomic E-state index is 11.3. The third-order valence-corrected chi connectivity index (χ3v) is 3.27. The van der Waals surface area contributed by atoms with Crippen LogP contribution < -0.4 is 5.32 Å². The summed E-state index contributed by atoms with van der Waals surface area (Å²) in [6, 6.07) is -0.302. The molecule has 3 amide bonds. The molecule has 1 saturated heterocycles. The minimum absolute atomic E-state index is 0.0952. The van der Waals surface area contributed by atoms with Gasteiger partial charge in [-0.2, -0.15) is 0 Å². The molecule has 0 aromatic carbocycles. The lowest BCUT2D eigenvalue weighted by Gasteiger charge is -2.16. The Morgan fingerprint density at radius 3 is 3.00 bits per heavy atom. The molecule has 1 atom stereocenters. The quantitative estimate of drug-likeness (QED) is 0.774. The standard InChI is InChI=1S/C9H11N3O2S/c1-6(8-10-2-3-15-8)5-12-7(13)4-11-9(12)14/h2-3,6H,4-5H2,1H3,(H,11,14). The van der Waals surface area contributed by atoms with Gasteiger partial charge in [-0.3, -0.25) is 9.69 Å². The molecule has 2 heterocycles. The van der Waals surface area contributed by atoms with Crippen molar-refractivity contribution in [1.82, 2.24) is 15.2 Å². The summed E-state index contributed by atoms with van der Waals surface area (Å²) in [5.41, 5.74) is 0. The highest BCUT2D eigenvalue weighted by Crippen LogP contribution is 2.19. The number of nitrogens with one attached hydrogen (secondary N) is 1. The van der Waals surface area contributed by atoms with E-state index in [2.05, 4.69) is 10.3 Å². The molecule has 5 nitrogen and oxygen atoms in total. The van der Waals surface area contributed by atoms with Crippen molar-refractivity contribution in [2.45, 2.75) is 12.8 Å². The first-order valence-electron chi connectivity index (χ1n) is 4.66. The van der Waals surface area contributed by atoms with E-state index < -0.39 is 0 Å². The highest BCUT2D eigenvalue weighted by Gasteiger charge is 2.30. The second-order valence-corrected chi connectivity index (χ2v) is 4.36. The van der Waals surface area contributed by atoms with Gasteiger partial charge in [0.25, 0.3) is 0 Å². The molecule has 1 aromatic heterocycles. The van der Waals surface area contributed by atoms with Crippen LogP contribution in [0.25, 0.3) is 0 Å². The first-order chi connectivity index (χ1) is 7.18. The number of hydrogen-bond acceptors (Lipinski definition) is 4. The fourth-order valence-electron chi connectivity index (χ4n) is 1.47. The maximum Gasteiger partial charge on any atom is 0.324 e. The first kappa shape index (κ1) is 10.1. The second-order valence-electron chi connectivity index (χ2n) is 3.43. The van der Waals surface area contributed by atoms with Crippen LogP contribution in [0.3, 0.4) is 0 Å². The smallest absolute Gasteiger partial charge is 0.324 e. The second kappa shape index (κ2) is 3.98. The van der Waals surface area contributed by atoms with E-state index in [0.717, 1.165) is 5.01 Å². The van der Waals surface area contributed by atoms with E-state index in [1.807, 2.05) is 12.3 Å². The van der Waals surface area contributed by atoms with Crippen molar-refractivity contribution in [3.8, 4) is 0 Å². The first-order valence-corrected chi connectivity index (χ1v) is 5.54. The van der Waals surface area contributed by atoms with E-state index in [4.69, 9.17) is 0 Å². The molecule has 1 fully saturated rings. The van der Waals surface area contributed by atoms with E-state index >= 15 is 0 Å². The molecule has 6 heteroatoms. The predicted octanol–water partition coefficient (Wildman–Crippen LogP) is 0.798. The minimum atomic E-state index is -0.302. The maximum atomic E-state index is 11.3. The third-order valence-electron chi connectivity index (χ3n) is 2.27. The van der Waals surface area contributed by atoms with E-state index in [1.54, 1.807) is 6.20 Å². The minimum Gasteiger partial charge on any atom is -0.329 e. The van der Waals surface area contributed by atoms with Gasteiger partial charge in [-0.05, 0) is 0 Å². The van der Waals surface area contributed by atoms with Crippen molar-refractivity contribution in [2.75, 3.05) is 13.1 Å². The van der Waals surface area contributed by atoms with Gasteiger partial charge in [-0.25, -0.2) is 9.78 Å². The molecule has 0 aliphatic carbocycles. The number of amides is 3. The lowest BCUT2D eigenvalue weighted by molar-refractivity contribution is -0.125. The van der Waals surface area contributed by atoms with Crippen LogP contribution in [0.4, 0.5) is 4.79 Å². The fraction of sp³-hybridized carbons (Fsp3) is 0.444. The van der Waals surface area contributed by atoms with Gasteiger partial charge in [0.1, 0.15) is 0 Å². The van der Waals surface area contributed by atoms with Crippen LogP contribution in [0.2, 0.25) is 0 Å². The average molecular weight is 225 g/mol. The zero-order valence-electron chi connectivity index (χ0n) is 8.27. The summed E-state index contributed by atoms with van der Waals surface area (Å²) in [7, 11) is 0. The molecule has 1 aliphatic rings. The van der Waals surface area contributed by atoms with Crippen molar-refractivity contribution in [2.24, 2.45) is 0 Å². The molecule has 0 spiro atoms. The highest BCUT2D eigenvalue weighted by molar-refractivity contribution is 7.09. The Kier molecular flexibility index (Phi) is 2.68. The topological polar surface area (TPSA) is 62.3 Å². The summed E-state index contributed by atoms with van der Waals surface area (Å²) in [6.45, 7) is 2.47. The van der Waals surface area contributed by atoms with E-state index in [1.165, 1.54) is 16.2 Å². The molecule has 1 N–H and O–H groups in total. The number of rotatable bonds is 3. The van der Waals surface area contributed by atoms with Crippen LogP contribution in [-0.2, 0) is 4.79 Å². The lowest BCUT2D eigenvalue weighted by Crippen LogP contribution is -2.34. The van der Waals surface area contributed by atoms with Gasteiger partial charge in [-0.15, -0.1) is 11.3 Å². The van der Waals surface area contributed by atoms with Crippen LogP contribution in [0.15, 0.2) is 11.6 Å². The van der Waals surface area contributed by atoms with Crippen LogP contribution >= 0.6 is 11.3 Å².